The fourth-order valence-corrected chi connectivity index (χ4v) is 8.05. The second-order valence-electron chi connectivity index (χ2n) is 10.3. The van der Waals surface area contributed by atoms with Crippen LogP contribution >= 0.6 is 39.0 Å². The van der Waals surface area contributed by atoms with E-state index in [0.29, 0.717) is 24.5 Å². The maximum atomic E-state index is 13.1. The summed E-state index contributed by atoms with van der Waals surface area (Å²) in [5.74, 6) is 0.943. The van der Waals surface area contributed by atoms with Gasteiger partial charge in [0.25, 0.3) is 10.0 Å². The summed E-state index contributed by atoms with van der Waals surface area (Å²) in [6, 6.07) is 6.24. The van der Waals surface area contributed by atoms with Gasteiger partial charge in [0.05, 0.1) is 9.10 Å². The molecular weight excluding hydrogens is 612 g/mol. The lowest BCUT2D eigenvalue weighted by atomic mass is 10.0. The van der Waals surface area contributed by atoms with Crippen LogP contribution in [-0.4, -0.2) is 53.4 Å². The Labute approximate surface area is 239 Å². The number of likely N-dealkylation sites (tertiary alicyclic amines) is 1. The van der Waals surface area contributed by atoms with Crippen molar-refractivity contribution in [2.24, 2.45) is 5.92 Å². The highest BCUT2D eigenvalue weighted by atomic mass is 79.9. The van der Waals surface area contributed by atoms with Crippen molar-refractivity contribution in [3.05, 3.63) is 49.8 Å². The molecule has 1 aromatic carbocycles. The van der Waals surface area contributed by atoms with E-state index in [0.717, 1.165) is 32.1 Å². The van der Waals surface area contributed by atoms with E-state index in [1.165, 1.54) is 28.0 Å². The third-order valence-electron chi connectivity index (χ3n) is 6.11. The second kappa shape index (κ2) is 11.2. The number of aromatic nitrogens is 2. The van der Waals surface area contributed by atoms with Crippen molar-refractivity contribution in [3.63, 3.8) is 0 Å². The van der Waals surface area contributed by atoms with E-state index in [4.69, 9.17) is 4.74 Å². The monoisotopic (exact) mass is 642 g/mol. The summed E-state index contributed by atoms with van der Waals surface area (Å²) in [5.41, 5.74) is 0.0876. The SMILES string of the molecule is Cc1sc(SCC2CCCN(C(=O)OC(C)(C)C)C2)c2c(NS(=O)(=O)c3ccc(Br)cc3)nc(=O)n-2c1C. The molecule has 3 heterocycles. The van der Waals surface area contributed by atoms with Crippen molar-refractivity contribution >= 4 is 61.0 Å². The van der Waals surface area contributed by atoms with Crippen LogP contribution in [0, 0.1) is 19.8 Å². The summed E-state index contributed by atoms with van der Waals surface area (Å²) in [6.45, 7) is 10.6. The molecule has 1 amide bonds. The molecule has 0 bridgehead atoms. The van der Waals surface area contributed by atoms with Gasteiger partial charge in [0.2, 0.25) is 0 Å². The van der Waals surface area contributed by atoms with Crippen LogP contribution in [0.3, 0.4) is 0 Å². The average Bonchev–Trinajstić information content (AvgIpc) is 3.15. The first-order valence-electron chi connectivity index (χ1n) is 12.2. The zero-order valence-corrected chi connectivity index (χ0v) is 25.9. The van der Waals surface area contributed by atoms with Gasteiger partial charge >= 0.3 is 11.8 Å². The number of carbonyl (C=O) groups excluding carboxylic acids is 1. The molecule has 1 fully saturated rings. The van der Waals surface area contributed by atoms with Gasteiger partial charge in [-0.05, 0) is 77.6 Å². The standard InChI is InChI=1S/C25H31BrN4O5S3/c1-15-16(2)37-22(36-14-17-7-6-12-29(13-17)24(32)35-25(3,4)5)20-21(27-23(31)30(15)20)28-38(33,34)19-10-8-18(26)9-11-19/h8-11,17H,6-7,12-14H2,1-5H3,(H,27,28,31). The summed E-state index contributed by atoms with van der Waals surface area (Å²) >= 11 is 6.37. The average molecular weight is 644 g/mol. The Bertz CT molecular complexity index is 1460. The Morgan fingerprint density at radius 1 is 1.26 bits per heavy atom. The van der Waals surface area contributed by atoms with Crippen LogP contribution in [0.15, 0.2) is 42.6 Å². The molecule has 9 nitrogen and oxygen atoms in total. The predicted octanol–water partition coefficient (Wildman–Crippen LogP) is 5.65. The van der Waals surface area contributed by atoms with Crippen LogP contribution in [0.1, 0.15) is 44.2 Å². The number of nitrogens with zero attached hydrogens (tertiary/aromatic N) is 3. The molecule has 1 saturated heterocycles. The molecule has 1 N–H and O–H groups in total. The fourth-order valence-electron chi connectivity index (χ4n) is 4.17. The molecule has 0 spiro atoms. The van der Waals surface area contributed by atoms with Crippen LogP contribution in [0.2, 0.25) is 0 Å². The molecule has 3 aliphatic heterocycles. The number of anilines is 1. The number of nitrogens with one attached hydrogen (secondary N) is 1. The van der Waals surface area contributed by atoms with Gasteiger partial charge in [0.1, 0.15) is 11.3 Å². The van der Waals surface area contributed by atoms with Gasteiger partial charge in [-0.1, -0.05) is 15.9 Å². The number of rotatable bonds is 6. The van der Waals surface area contributed by atoms with E-state index in [-0.39, 0.29) is 22.7 Å². The Hall–Kier alpha value is -2.09. The molecule has 1 atom stereocenters. The minimum absolute atomic E-state index is 0.0128. The predicted molar refractivity (Wildman–Crippen MR) is 155 cm³/mol. The number of sulfonamides is 1. The van der Waals surface area contributed by atoms with Gasteiger partial charge in [0, 0.05) is 33.9 Å². The number of fused-ring (bicyclic) bond motifs is 1. The van der Waals surface area contributed by atoms with Crippen LogP contribution in [0.5, 0.6) is 0 Å². The molecule has 1 unspecified atom stereocenters. The van der Waals surface area contributed by atoms with Gasteiger partial charge in [-0.3, -0.25) is 9.29 Å². The van der Waals surface area contributed by atoms with E-state index in [1.54, 1.807) is 28.8 Å². The van der Waals surface area contributed by atoms with Gasteiger partial charge in [0.15, 0.2) is 5.82 Å². The van der Waals surface area contributed by atoms with E-state index in [9.17, 15) is 18.0 Å². The number of hydrogen-bond acceptors (Lipinski definition) is 8. The molecule has 206 valence electrons. The van der Waals surface area contributed by atoms with Crippen molar-refractivity contribution in [2.75, 3.05) is 23.6 Å². The normalized spacial score (nSPS) is 16.6. The lowest BCUT2D eigenvalue weighted by Gasteiger charge is -2.34. The zero-order valence-electron chi connectivity index (χ0n) is 21.9. The number of benzene rings is 1. The Morgan fingerprint density at radius 2 is 1.95 bits per heavy atom. The van der Waals surface area contributed by atoms with E-state index < -0.39 is 21.3 Å². The first kappa shape index (κ1) is 28.9. The number of aryl methyl sites for hydroxylation is 1. The molecule has 38 heavy (non-hydrogen) atoms. The van der Waals surface area contributed by atoms with Gasteiger partial charge in [-0.2, -0.15) is 4.98 Å². The van der Waals surface area contributed by atoms with Gasteiger partial charge < -0.3 is 9.64 Å². The second-order valence-corrected chi connectivity index (χ2v) is 15.4. The summed E-state index contributed by atoms with van der Waals surface area (Å²) in [7, 11) is -3.96. The largest absolute Gasteiger partial charge is 0.444 e. The minimum Gasteiger partial charge on any atom is -0.444 e. The number of imidazole rings is 1. The lowest BCUT2D eigenvalue weighted by molar-refractivity contribution is 0.0177. The first-order chi connectivity index (χ1) is 17.7. The van der Waals surface area contributed by atoms with Crippen molar-refractivity contribution in [3.8, 4) is 5.69 Å². The molecule has 1 aromatic rings. The number of piperidine rings is 1. The molecular formula is C25H31BrN4O5S3. The van der Waals surface area contributed by atoms with Crippen LogP contribution < -0.4 is 10.4 Å². The van der Waals surface area contributed by atoms with E-state index in [1.807, 2.05) is 34.6 Å². The van der Waals surface area contributed by atoms with Crippen LogP contribution in [0.4, 0.5) is 10.6 Å². The van der Waals surface area contributed by atoms with Crippen LogP contribution in [0.25, 0.3) is 5.69 Å². The van der Waals surface area contributed by atoms with Gasteiger partial charge in [-0.25, -0.2) is 18.0 Å². The maximum Gasteiger partial charge on any atom is 0.410 e. The number of thioether (sulfide) groups is 1. The quantitative estimate of drug-likeness (QED) is 0.346. The molecule has 0 saturated carbocycles. The van der Waals surface area contributed by atoms with E-state index >= 15 is 0 Å². The van der Waals surface area contributed by atoms with E-state index in [2.05, 4.69) is 25.6 Å². The Morgan fingerprint density at radius 3 is 2.61 bits per heavy atom. The highest BCUT2D eigenvalue weighted by molar-refractivity contribution is 9.10. The molecule has 0 aromatic heterocycles. The molecule has 0 aliphatic carbocycles. The summed E-state index contributed by atoms with van der Waals surface area (Å²) in [4.78, 5) is 32.3. The number of amides is 1. The topological polar surface area (TPSA) is 111 Å². The fraction of sp³-hybridized carbons (Fsp3) is 0.480. The van der Waals surface area contributed by atoms with Crippen LogP contribution in [-0.2, 0) is 14.8 Å². The Balaban J connectivity index is 1.59. The number of carbonyl (C=O) groups is 1. The number of halogens is 1. The third-order valence-corrected chi connectivity index (χ3v) is 10.7. The third kappa shape index (κ3) is 6.54. The molecule has 0 radical (unpaired) electrons. The van der Waals surface area contributed by atoms with Crippen molar-refractivity contribution in [1.82, 2.24) is 14.5 Å². The summed E-state index contributed by atoms with van der Waals surface area (Å²) < 4.78 is 37.3. The maximum absolute atomic E-state index is 13.1. The number of hydrogen-bond donors (Lipinski definition) is 1. The Kier molecular flexibility index (Phi) is 8.51. The molecule has 3 aliphatic rings. The van der Waals surface area contributed by atoms with Crippen molar-refractivity contribution in [1.29, 1.82) is 0 Å². The molecule has 4 rings (SSSR count). The number of ether oxygens (including phenoxy) is 1. The summed E-state index contributed by atoms with van der Waals surface area (Å²) in [6.07, 6.45) is 1.54. The highest BCUT2D eigenvalue weighted by Crippen LogP contribution is 2.40. The minimum atomic E-state index is -3.96. The molecule has 13 heteroatoms. The highest BCUT2D eigenvalue weighted by Gasteiger charge is 2.30. The lowest BCUT2D eigenvalue weighted by Crippen LogP contribution is -2.43. The zero-order chi connectivity index (χ0) is 27.8. The van der Waals surface area contributed by atoms with Crippen molar-refractivity contribution < 1.29 is 17.9 Å². The van der Waals surface area contributed by atoms with Gasteiger partial charge in [-0.15, -0.1) is 23.1 Å². The van der Waals surface area contributed by atoms with Crippen molar-refractivity contribution in [2.45, 2.75) is 62.2 Å². The summed E-state index contributed by atoms with van der Waals surface area (Å²) in [5, 5.41) is 0. The first-order valence-corrected chi connectivity index (χ1v) is 16.2. The smallest absolute Gasteiger partial charge is 0.410 e.